The number of hydrogen-bond acceptors (Lipinski definition) is 30. The predicted molar refractivity (Wildman–Crippen MR) is 534 cm³/mol. The Morgan fingerprint density at radius 1 is 0.649 bits per heavy atom. The standard InChI is InChI=1S/C103H146F2N14O28S/c1-6-17-92-146-86-62-75-76-61-78(104)77-60-74(120)34-37-100(77,4)102(76,105)84(121)63-101(75,5)103(86,147-92)85(122)64-113-99(132)145-66-69-26-30-73(31-27-69)114-95(128)81(23-16-39-112-98(106)131)116-97(130)93(68(2)3)117-96(129)80(115-89(125)36-44-137-48-52-141-56-58-143-54-50-139-46-41-110-87(123)32-33-91(127)119-65-72-20-11-10-18-70(72)28-29-71-19-12-13-24-82(71)119)22-14-15-38-109-90(126)67-144-83-25-9-7-8-21-79(94(83)118-107)108-40-45-138-49-53-142-57-55-140-51-47-136-43-35-88(124)111-42-59-148(133,134)135/h10-13,18-20,24,26-27,30-31,34,37,60,68,75-76,78,80-81,83-84,86,92-93,107-108,121H,6-9,14-17,21-23,25,32-33,35-36,38-59,61-67H2,1-5H3,(H,109,126)(H,110,123)(H,111,124)(H,113,132)(H,114,128)(H,115,125)(H,116,130)(H,117,129)(H3,106,112,131)(H,133,134,135)/b94-79-,118-107?/t75-,76-,78-,80+,81-,83?,84-,86+,92?,93-,100-,101-,102-,103+/m0/s1. The minimum absolute atomic E-state index is 0.00230. The molecule has 3 aromatic carbocycles. The summed E-state index contributed by atoms with van der Waals surface area (Å²) in [5, 5.41) is 43.4. The number of ether oxygens (including phenoxy) is 12. The van der Waals surface area contributed by atoms with Gasteiger partial charge in [-0.3, -0.25) is 52.5 Å². The first kappa shape index (κ1) is 119. The molecule has 11 amide bonds. The molecule has 4 fully saturated rings. The normalized spacial score (nSPS) is 23.2. The number of benzene rings is 3. The second kappa shape index (κ2) is 60.0. The summed E-state index contributed by atoms with van der Waals surface area (Å²) in [5.41, 5.74) is 11.2. The quantitative estimate of drug-likeness (QED) is 0.0125. The van der Waals surface area contributed by atoms with Crippen molar-refractivity contribution < 1.29 is 141 Å². The number of anilines is 2. The molecular weight excluding hydrogens is 1950 g/mol. The fraction of sp³-hybridized carbons (Fsp3) is 0.631. The van der Waals surface area contributed by atoms with Crippen molar-refractivity contribution in [2.45, 2.75) is 230 Å². The number of amides is 11. The molecular formula is C103H146F2N14O28S. The number of rotatable bonds is 65. The number of carbonyl (C=O) groups excluding carboxylic acids is 12. The zero-order valence-corrected chi connectivity index (χ0v) is 85.8. The lowest BCUT2D eigenvalue weighted by Crippen LogP contribution is -2.71. The van der Waals surface area contributed by atoms with E-state index in [0.29, 0.717) is 101 Å². The summed E-state index contributed by atoms with van der Waals surface area (Å²) in [6, 6.07) is 16.5. The van der Waals surface area contributed by atoms with Gasteiger partial charge in [-0.25, -0.2) is 23.9 Å². The Morgan fingerprint density at radius 2 is 1.25 bits per heavy atom. The van der Waals surface area contributed by atoms with Crippen LogP contribution in [0.1, 0.15) is 179 Å². The molecule has 45 heteroatoms. The van der Waals surface area contributed by atoms with Crippen LogP contribution in [0.4, 0.5) is 29.7 Å². The van der Waals surface area contributed by atoms with E-state index in [0.717, 1.165) is 42.0 Å². The number of ketones is 2. The van der Waals surface area contributed by atoms with Crippen LogP contribution in [0, 0.1) is 46.0 Å². The van der Waals surface area contributed by atoms with Crippen LogP contribution in [0.5, 0.6) is 0 Å². The number of nitrogens with zero attached hydrogens (tertiary/aromatic N) is 2. The summed E-state index contributed by atoms with van der Waals surface area (Å²) in [5.74, 6) is -1.94. The van der Waals surface area contributed by atoms with E-state index in [1.165, 1.54) is 31.2 Å². The van der Waals surface area contributed by atoms with Crippen LogP contribution < -0.4 is 63.8 Å². The van der Waals surface area contributed by atoms with Crippen LogP contribution in [-0.4, -0.2) is 307 Å². The van der Waals surface area contributed by atoms with Gasteiger partial charge in [0.2, 0.25) is 47.3 Å². The van der Waals surface area contributed by atoms with Gasteiger partial charge in [0.1, 0.15) is 49.3 Å². The van der Waals surface area contributed by atoms with Crippen molar-refractivity contribution in [3.8, 4) is 11.8 Å². The minimum Gasteiger partial charge on any atom is -0.445 e. The van der Waals surface area contributed by atoms with Crippen molar-refractivity contribution in [2.24, 2.45) is 39.4 Å². The maximum atomic E-state index is 18.1. The van der Waals surface area contributed by atoms with E-state index in [-0.39, 0.29) is 206 Å². The molecule has 148 heavy (non-hydrogen) atoms. The summed E-state index contributed by atoms with van der Waals surface area (Å²) in [6.45, 7) is 11.4. The molecule has 0 bridgehead atoms. The molecule has 816 valence electrons. The van der Waals surface area contributed by atoms with Gasteiger partial charge in [0, 0.05) is 97.7 Å². The van der Waals surface area contributed by atoms with Crippen molar-refractivity contribution in [3.05, 3.63) is 130 Å². The van der Waals surface area contributed by atoms with Gasteiger partial charge < -0.3 is 126 Å². The lowest BCUT2D eigenvalue weighted by atomic mass is 9.44. The Labute approximate surface area is 861 Å². The summed E-state index contributed by atoms with van der Waals surface area (Å²) < 4.78 is 134. The van der Waals surface area contributed by atoms with Crippen molar-refractivity contribution in [2.75, 3.05) is 168 Å². The number of Topliss-reactive ketones (excluding diaryl/α,β-unsaturated/α-hetero) is 1. The number of nitrogens with one attached hydrogen (secondary N) is 11. The third-order valence-corrected chi connectivity index (χ3v) is 28.1. The number of halogens is 2. The average Bonchev–Trinajstić information content (AvgIpc) is 1.45. The number of nitrogens with two attached hydrogens (primary N) is 1. The van der Waals surface area contributed by atoms with Gasteiger partial charge >= 0.3 is 12.1 Å². The highest BCUT2D eigenvalue weighted by Gasteiger charge is 2.80. The molecule has 2 heterocycles. The van der Waals surface area contributed by atoms with Gasteiger partial charge in [0.25, 0.3) is 10.1 Å². The summed E-state index contributed by atoms with van der Waals surface area (Å²) in [6.07, 6.45) is 1.25. The van der Waals surface area contributed by atoms with Crippen molar-refractivity contribution >= 4 is 92.4 Å². The van der Waals surface area contributed by atoms with Crippen LogP contribution in [0.3, 0.4) is 0 Å². The van der Waals surface area contributed by atoms with Crippen LogP contribution in [-0.2, 0) is 128 Å². The number of alkyl carbamates (subject to hydrolysis) is 1. The van der Waals surface area contributed by atoms with E-state index in [4.69, 9.17) is 72.7 Å². The molecule has 15 N–H and O–H groups in total. The highest BCUT2D eigenvalue weighted by molar-refractivity contribution is 7.85. The number of aliphatic hydroxyl groups excluding tert-OH is 1. The average molecular weight is 2100 g/mol. The van der Waals surface area contributed by atoms with E-state index in [9.17, 15) is 71.1 Å². The maximum Gasteiger partial charge on any atom is 0.407 e. The van der Waals surface area contributed by atoms with E-state index in [2.05, 4.69) is 70.1 Å². The molecule has 1 saturated heterocycles. The number of urea groups is 1. The van der Waals surface area contributed by atoms with Crippen LogP contribution >= 0.6 is 0 Å². The molecule has 7 aliphatic rings. The fourth-order valence-electron chi connectivity index (χ4n) is 19.8. The maximum absolute atomic E-state index is 18.1. The number of allylic oxidation sites excluding steroid dienone is 5. The Bertz CT molecular complexity index is 5250. The van der Waals surface area contributed by atoms with Crippen LogP contribution in [0.2, 0.25) is 0 Å². The van der Waals surface area contributed by atoms with Gasteiger partial charge in [-0.1, -0.05) is 107 Å². The first-order valence-electron chi connectivity index (χ1n) is 51.0. The number of fused-ring (bicyclic) bond motifs is 9. The zero-order chi connectivity index (χ0) is 107. The summed E-state index contributed by atoms with van der Waals surface area (Å²) >= 11 is 0. The number of carbonyl (C=O) groups is 12. The number of aliphatic hydroxyl groups is 1. The third kappa shape index (κ3) is 34.9. The molecule has 0 radical (unpaired) electrons. The summed E-state index contributed by atoms with van der Waals surface area (Å²) in [4.78, 5) is 163. The molecule has 5 aliphatic carbocycles. The first-order chi connectivity index (χ1) is 71.1. The number of para-hydroxylation sites is 1. The molecule has 2 aliphatic heterocycles. The number of unbranched alkanes of at least 4 members (excludes halogenated alkanes) is 1. The lowest BCUT2D eigenvalue weighted by molar-refractivity contribution is -0.233. The molecule has 0 aromatic heterocycles. The monoisotopic (exact) mass is 2100 g/mol. The van der Waals surface area contributed by atoms with Crippen molar-refractivity contribution in [1.82, 2.24) is 47.9 Å². The molecule has 42 nitrogen and oxygen atoms in total. The Kier molecular flexibility index (Phi) is 48.1. The van der Waals surface area contributed by atoms with Gasteiger partial charge in [-0.15, -0.1) is 0 Å². The topological polar surface area (TPSA) is 576 Å². The second-order valence-corrected chi connectivity index (χ2v) is 39.7. The summed E-state index contributed by atoms with van der Waals surface area (Å²) in [7, 11) is -4.17. The molecule has 3 saturated carbocycles. The molecule has 2 unspecified atom stereocenters. The Balaban J connectivity index is 0.669. The molecule has 0 spiro atoms. The van der Waals surface area contributed by atoms with E-state index in [1.54, 1.807) is 37.8 Å². The van der Waals surface area contributed by atoms with Gasteiger partial charge in [-0.05, 0) is 155 Å². The van der Waals surface area contributed by atoms with E-state index >= 15 is 8.78 Å². The van der Waals surface area contributed by atoms with Gasteiger partial charge in [0.15, 0.2) is 29.1 Å². The Hall–Kier alpha value is -11.2. The van der Waals surface area contributed by atoms with Crippen LogP contribution in [0.15, 0.2) is 113 Å². The van der Waals surface area contributed by atoms with E-state index in [1.807, 2.05) is 55.5 Å². The molecule has 3 aromatic rings. The second-order valence-electron chi connectivity index (χ2n) is 38.1. The fourth-order valence-corrected chi connectivity index (χ4v) is 20.1. The van der Waals surface area contributed by atoms with E-state index < -0.39 is 170 Å². The number of primary amides is 1. The third-order valence-electron chi connectivity index (χ3n) is 27.4. The lowest BCUT2D eigenvalue weighted by Gasteiger charge is -2.63. The first-order valence-corrected chi connectivity index (χ1v) is 52.6. The minimum atomic E-state index is -4.17. The SMILES string of the molecule is CCCC1O[C@@H]2C[C@H]3[C@@H]4C[C@H](F)C5=CC(=O)C=C[C@]5(C)[C@@]4(F)[C@@H](O)C[C@]3(C)[C@]2(C(=O)CNC(=O)OCc2ccc(NC(=O)[C@H](CCCNC(N)=O)NC(=O)[C@@H](NC(=O)[C@@H](CCCCNC(=O)COC3CCCCC/C(NCCOCCOCCOCCOCCC(=O)NCCS(=O)(=O)O)=C\3N=N)NC(=O)CCOCCOCCOCCOCCNC(=O)CCC(=O)N3Cc4ccccc4C#Cc4ccccc43)C(C)C)cc2)O1. The highest BCUT2D eigenvalue weighted by Crippen LogP contribution is 2.72. The number of hydrogen-bond donors (Lipinski definition) is 14. The largest absolute Gasteiger partial charge is 0.445 e. The van der Waals surface area contributed by atoms with Crippen molar-refractivity contribution in [1.29, 1.82) is 5.53 Å². The Morgan fingerprint density at radius 3 is 1.91 bits per heavy atom. The van der Waals surface area contributed by atoms with Crippen molar-refractivity contribution in [3.63, 3.8) is 0 Å². The predicted octanol–water partition coefficient (Wildman–Crippen LogP) is 6.42. The van der Waals surface area contributed by atoms with Gasteiger partial charge in [0.05, 0.1) is 142 Å². The van der Waals surface area contributed by atoms with Crippen LogP contribution in [0.25, 0.3) is 0 Å². The van der Waals surface area contributed by atoms with Gasteiger partial charge in [-0.2, -0.15) is 13.5 Å². The number of alkyl halides is 2. The highest BCUT2D eigenvalue weighted by atomic mass is 32.2. The smallest absolute Gasteiger partial charge is 0.407 e. The zero-order valence-electron chi connectivity index (χ0n) is 85.0. The molecule has 10 rings (SSSR count). The molecule has 14 atom stereocenters.